The number of alkyl halides is 2. The number of carbonyl (C=O) groups excluding carboxylic acids is 4. The molecule has 3 aromatic heterocycles. The number of carbonyl (C=O) groups is 4. The molecule has 0 spiro atoms. The maximum atomic E-state index is 14.3. The number of rotatable bonds is 20. The van der Waals surface area contributed by atoms with Gasteiger partial charge in [-0.05, 0) is 94.9 Å². The van der Waals surface area contributed by atoms with Crippen molar-refractivity contribution in [1.29, 1.82) is 0 Å². The Morgan fingerprint density at radius 3 is 2.59 bits per heavy atom. The van der Waals surface area contributed by atoms with E-state index in [1.165, 1.54) is 36.0 Å². The Balaban J connectivity index is 0.738. The van der Waals surface area contributed by atoms with Gasteiger partial charge in [0.25, 0.3) is 18.2 Å². The van der Waals surface area contributed by atoms with Gasteiger partial charge in [0.05, 0.1) is 17.3 Å². The number of fused-ring (bicyclic) bond motifs is 1. The Hall–Kier alpha value is -5.81. The van der Waals surface area contributed by atoms with Crippen LogP contribution in [0.2, 0.25) is 0 Å². The molecule has 5 heterocycles. The maximum Gasteiger partial charge on any atom is 0.284 e. The van der Waals surface area contributed by atoms with Gasteiger partial charge in [-0.25, -0.2) is 13.8 Å². The van der Waals surface area contributed by atoms with Crippen molar-refractivity contribution in [1.82, 2.24) is 34.9 Å². The van der Waals surface area contributed by atoms with Crippen LogP contribution in [-0.4, -0.2) is 106 Å². The van der Waals surface area contributed by atoms with Crippen molar-refractivity contribution >= 4 is 40.7 Å². The molecule has 2 saturated carbocycles. The number of anilines is 2. The van der Waals surface area contributed by atoms with Crippen LogP contribution in [0.5, 0.6) is 0 Å². The van der Waals surface area contributed by atoms with Crippen molar-refractivity contribution < 1.29 is 37.1 Å². The molecule has 17 heteroatoms. The average Bonchev–Trinajstić information content (AvgIpc) is 3.67. The molecule has 0 radical (unpaired) electrons. The van der Waals surface area contributed by atoms with Gasteiger partial charge in [-0.15, -0.1) is 0 Å². The molecule has 8 rings (SSSR count). The fourth-order valence-electron chi connectivity index (χ4n) is 9.15. The van der Waals surface area contributed by atoms with E-state index in [1.807, 2.05) is 24.3 Å². The van der Waals surface area contributed by atoms with E-state index in [-0.39, 0.29) is 48.0 Å². The highest BCUT2D eigenvalue weighted by Gasteiger charge is 2.42. The number of benzene rings is 1. The summed E-state index contributed by atoms with van der Waals surface area (Å²) in [5.41, 5.74) is 3.58. The zero-order valence-electron chi connectivity index (χ0n) is 36.6. The minimum atomic E-state index is -2.86. The van der Waals surface area contributed by atoms with Gasteiger partial charge in [0.2, 0.25) is 17.7 Å². The van der Waals surface area contributed by atoms with E-state index < -0.39 is 30.0 Å². The molecule has 64 heavy (non-hydrogen) atoms. The summed E-state index contributed by atoms with van der Waals surface area (Å²) < 4.78 is 41.9. The zero-order chi connectivity index (χ0) is 44.9. The third-order valence-corrected chi connectivity index (χ3v) is 12.9. The lowest BCUT2D eigenvalue weighted by molar-refractivity contribution is -0.136. The molecule has 4 aromatic rings. The van der Waals surface area contributed by atoms with Crippen molar-refractivity contribution in [3.63, 3.8) is 0 Å². The van der Waals surface area contributed by atoms with Gasteiger partial charge in [-0.2, -0.15) is 5.10 Å². The second-order valence-electron chi connectivity index (χ2n) is 17.6. The molecule has 4 aliphatic rings. The predicted octanol–water partition coefficient (Wildman–Crippen LogP) is 7.29. The Bertz CT molecular complexity index is 2350. The van der Waals surface area contributed by atoms with E-state index in [1.54, 1.807) is 23.1 Å². The van der Waals surface area contributed by atoms with Crippen LogP contribution in [0.4, 0.5) is 20.2 Å². The van der Waals surface area contributed by atoms with Crippen LogP contribution in [0, 0.1) is 11.8 Å². The molecular formula is C47H57F2N9O6. The summed E-state index contributed by atoms with van der Waals surface area (Å²) in [7, 11) is 3.57. The topological polar surface area (TPSA) is 168 Å². The maximum absolute atomic E-state index is 14.3. The first kappa shape index (κ1) is 44.8. The van der Waals surface area contributed by atoms with Gasteiger partial charge in [-0.1, -0.05) is 31.6 Å². The predicted molar refractivity (Wildman–Crippen MR) is 236 cm³/mol. The third-order valence-electron chi connectivity index (χ3n) is 12.9. The number of halogens is 2. The first-order valence-corrected chi connectivity index (χ1v) is 22.5. The van der Waals surface area contributed by atoms with Crippen LogP contribution in [0.1, 0.15) is 121 Å². The summed E-state index contributed by atoms with van der Waals surface area (Å²) in [5, 5.41) is 9.98. The summed E-state index contributed by atoms with van der Waals surface area (Å²) in [6.45, 7) is 7.65. The second kappa shape index (κ2) is 19.9. The van der Waals surface area contributed by atoms with Crippen molar-refractivity contribution in [2.24, 2.45) is 11.8 Å². The number of amides is 4. The standard InChI is InChI=1S/C47H57F2N9O6/c1-29-35-7-4-8-36(41(35)47(62)58(29)38-17-18-40(59)53-44(38)60)51-20-5-23-63-24-6-22-55(2)26-31-12-15-34(16-13-31)57-27-39(42(54-57)43(48)49)56(3)46(61)37-28-64-45(52-37)32-19-21-50-33(25-32)14-11-30-9-10-30/h4,7-8,19,21,25,27-28,30-31,34,38,43,51H,1,5-6,9-18,20,22-24,26H2,2-3H3,(H,53,59,60). The van der Waals surface area contributed by atoms with E-state index in [2.05, 4.69) is 44.2 Å². The molecule has 4 amide bonds. The smallest absolute Gasteiger partial charge is 0.284 e. The molecule has 1 unspecified atom stereocenters. The van der Waals surface area contributed by atoms with Crippen LogP contribution < -0.4 is 15.5 Å². The first-order chi connectivity index (χ1) is 30.9. The number of nitrogens with one attached hydrogen (secondary N) is 2. The van der Waals surface area contributed by atoms with Gasteiger partial charge in [-0.3, -0.25) is 39.1 Å². The molecule has 1 saturated heterocycles. The van der Waals surface area contributed by atoms with Gasteiger partial charge in [0.15, 0.2) is 11.4 Å². The number of hydrogen-bond donors (Lipinski definition) is 2. The molecule has 15 nitrogen and oxygen atoms in total. The summed E-state index contributed by atoms with van der Waals surface area (Å²) in [6.07, 6.45) is 11.7. The summed E-state index contributed by atoms with van der Waals surface area (Å²) in [5.74, 6) is -0.154. The van der Waals surface area contributed by atoms with Crippen LogP contribution in [-0.2, 0) is 20.7 Å². The Morgan fingerprint density at radius 2 is 1.83 bits per heavy atom. The monoisotopic (exact) mass is 881 g/mol. The molecule has 340 valence electrons. The van der Waals surface area contributed by atoms with Crippen molar-refractivity contribution in [3.8, 4) is 11.5 Å². The molecule has 1 atom stereocenters. The van der Waals surface area contributed by atoms with Crippen LogP contribution in [0.15, 0.2) is 60.0 Å². The molecule has 2 N–H and O–H groups in total. The lowest BCUT2D eigenvalue weighted by Crippen LogP contribution is -2.52. The number of oxazole rings is 1. The van der Waals surface area contributed by atoms with E-state index >= 15 is 0 Å². The van der Waals surface area contributed by atoms with Gasteiger partial charge in [0, 0.05) is 86.9 Å². The van der Waals surface area contributed by atoms with Gasteiger partial charge >= 0.3 is 0 Å². The third kappa shape index (κ3) is 10.3. The van der Waals surface area contributed by atoms with Crippen molar-refractivity contribution in [2.75, 3.05) is 57.2 Å². The second-order valence-corrected chi connectivity index (χ2v) is 17.6. The van der Waals surface area contributed by atoms with E-state index in [0.29, 0.717) is 53.8 Å². The van der Waals surface area contributed by atoms with Crippen LogP contribution in [0.3, 0.4) is 0 Å². The Kier molecular flexibility index (Phi) is 13.9. The summed E-state index contributed by atoms with van der Waals surface area (Å²) in [4.78, 5) is 65.0. The normalized spacial score (nSPS) is 20.0. The summed E-state index contributed by atoms with van der Waals surface area (Å²) in [6, 6.07) is 8.39. The number of pyridine rings is 1. The number of nitrogens with zero attached hydrogens (tertiary/aromatic N) is 7. The van der Waals surface area contributed by atoms with Gasteiger partial charge in [0.1, 0.15) is 12.3 Å². The molecule has 1 aromatic carbocycles. The lowest BCUT2D eigenvalue weighted by Gasteiger charge is -2.31. The average molecular weight is 882 g/mol. The molecule has 3 fully saturated rings. The van der Waals surface area contributed by atoms with E-state index in [0.717, 1.165) is 76.1 Å². The fraction of sp³-hybridized carbons (Fsp3) is 0.511. The number of aryl methyl sites for hydroxylation is 1. The highest BCUT2D eigenvalue weighted by molar-refractivity contribution is 6.15. The summed E-state index contributed by atoms with van der Waals surface area (Å²) >= 11 is 0. The lowest BCUT2D eigenvalue weighted by atomic mass is 9.86. The number of ether oxygens (including phenoxy) is 1. The number of piperidine rings is 1. The first-order valence-electron chi connectivity index (χ1n) is 22.5. The highest BCUT2D eigenvalue weighted by Crippen LogP contribution is 2.40. The largest absolute Gasteiger partial charge is 0.444 e. The highest BCUT2D eigenvalue weighted by atomic mass is 19.3. The zero-order valence-corrected chi connectivity index (χ0v) is 36.6. The number of imide groups is 1. The van der Waals surface area contributed by atoms with Crippen molar-refractivity contribution in [3.05, 3.63) is 83.8 Å². The van der Waals surface area contributed by atoms with Crippen LogP contribution in [0.25, 0.3) is 17.2 Å². The number of aromatic nitrogens is 4. The van der Waals surface area contributed by atoms with E-state index in [9.17, 15) is 28.0 Å². The van der Waals surface area contributed by atoms with Crippen LogP contribution >= 0.6 is 0 Å². The van der Waals surface area contributed by atoms with Crippen molar-refractivity contribution in [2.45, 2.75) is 95.6 Å². The fourth-order valence-corrected chi connectivity index (χ4v) is 9.15. The van der Waals surface area contributed by atoms with E-state index in [4.69, 9.17) is 9.15 Å². The SMILES string of the molecule is C=C1c2cccc(NCCCOCCCN(C)CC3CCC(n4cc(N(C)C(=O)c5coc(-c6ccnc(CCC7CC7)c6)n5)c(C(F)F)n4)CC3)c2C(=O)N1C1CCC(=O)NC1=O. The molecular weight excluding hydrogens is 825 g/mol. The van der Waals surface area contributed by atoms with Gasteiger partial charge < -0.3 is 24.3 Å². The molecule has 2 aliphatic carbocycles. The minimum absolute atomic E-state index is 0.0211. The minimum Gasteiger partial charge on any atom is -0.444 e. The Morgan fingerprint density at radius 1 is 1.05 bits per heavy atom. The quantitative estimate of drug-likeness (QED) is 0.0676. The number of hydrogen-bond acceptors (Lipinski definition) is 11. The Labute approximate surface area is 371 Å². The molecule has 2 aliphatic heterocycles. The molecule has 0 bridgehead atoms.